The minimum absolute atomic E-state index is 0.153. The summed E-state index contributed by atoms with van der Waals surface area (Å²) >= 11 is 0. The largest absolute Gasteiger partial charge is 0.309 e. The highest BCUT2D eigenvalue weighted by atomic mass is 19.1. The Bertz CT molecular complexity index is 623. The normalized spacial score (nSPS) is 12.4. The average molecular weight is 286 g/mol. The number of rotatable bonds is 5. The van der Waals surface area contributed by atoms with Gasteiger partial charge in [0.15, 0.2) is 0 Å². The van der Waals surface area contributed by atoms with E-state index in [0.717, 1.165) is 29.8 Å². The van der Waals surface area contributed by atoms with Gasteiger partial charge in [0.25, 0.3) is 0 Å². The van der Waals surface area contributed by atoms with Gasteiger partial charge >= 0.3 is 0 Å². The Kier molecular flexibility index (Phi) is 5.07. The maximum atomic E-state index is 13.2. The first-order valence-corrected chi connectivity index (χ1v) is 7.42. The van der Waals surface area contributed by atoms with Gasteiger partial charge in [-0.2, -0.15) is 0 Å². The zero-order chi connectivity index (χ0) is 15.4. The van der Waals surface area contributed by atoms with Crippen molar-refractivity contribution in [2.24, 2.45) is 0 Å². The van der Waals surface area contributed by atoms with Crippen molar-refractivity contribution in [3.05, 3.63) is 64.2 Å². The molecule has 1 atom stereocenters. The molecule has 1 aromatic carbocycles. The third-order valence-electron chi connectivity index (χ3n) is 3.76. The number of hydrogen-bond acceptors (Lipinski definition) is 2. The van der Waals surface area contributed by atoms with Crippen molar-refractivity contribution in [1.29, 1.82) is 0 Å². The number of aromatic nitrogens is 1. The second-order valence-electron chi connectivity index (χ2n) is 5.60. The number of nitrogens with one attached hydrogen (secondary N) is 1. The molecule has 3 heteroatoms. The SMILES string of the molecule is CCNC(Cc1ccc(F)cc1C)c1ncc(C)cc1C. The number of halogens is 1. The molecule has 0 fully saturated rings. The van der Waals surface area contributed by atoms with E-state index in [1.165, 1.54) is 17.2 Å². The van der Waals surface area contributed by atoms with E-state index in [2.05, 4.69) is 37.1 Å². The van der Waals surface area contributed by atoms with E-state index in [9.17, 15) is 4.39 Å². The number of likely N-dealkylation sites (N-methyl/N-ethyl adjacent to an activating group) is 1. The van der Waals surface area contributed by atoms with Crippen molar-refractivity contribution in [2.75, 3.05) is 6.54 Å². The van der Waals surface area contributed by atoms with Gasteiger partial charge in [-0.05, 0) is 68.1 Å². The molecule has 0 spiro atoms. The summed E-state index contributed by atoms with van der Waals surface area (Å²) in [5, 5.41) is 3.49. The first-order chi connectivity index (χ1) is 10.0. The second kappa shape index (κ2) is 6.81. The van der Waals surface area contributed by atoms with Crippen molar-refractivity contribution < 1.29 is 4.39 Å². The minimum Gasteiger partial charge on any atom is -0.309 e. The van der Waals surface area contributed by atoms with E-state index in [0.29, 0.717) is 0 Å². The number of hydrogen-bond donors (Lipinski definition) is 1. The molecule has 0 radical (unpaired) electrons. The lowest BCUT2D eigenvalue weighted by Gasteiger charge is -2.20. The van der Waals surface area contributed by atoms with Crippen LogP contribution in [0.15, 0.2) is 30.5 Å². The molecule has 1 heterocycles. The van der Waals surface area contributed by atoms with E-state index >= 15 is 0 Å². The average Bonchev–Trinajstić information content (AvgIpc) is 2.41. The van der Waals surface area contributed by atoms with E-state index in [4.69, 9.17) is 0 Å². The quantitative estimate of drug-likeness (QED) is 0.897. The van der Waals surface area contributed by atoms with Gasteiger partial charge in [-0.15, -0.1) is 0 Å². The highest BCUT2D eigenvalue weighted by Gasteiger charge is 2.16. The molecule has 21 heavy (non-hydrogen) atoms. The van der Waals surface area contributed by atoms with Gasteiger partial charge in [0.1, 0.15) is 5.82 Å². The molecule has 2 rings (SSSR count). The smallest absolute Gasteiger partial charge is 0.123 e. The van der Waals surface area contributed by atoms with Crippen LogP contribution in [0, 0.1) is 26.6 Å². The molecule has 2 aromatic rings. The minimum atomic E-state index is -0.180. The van der Waals surface area contributed by atoms with Crippen molar-refractivity contribution in [1.82, 2.24) is 10.3 Å². The van der Waals surface area contributed by atoms with E-state index in [-0.39, 0.29) is 11.9 Å². The lowest BCUT2D eigenvalue weighted by molar-refractivity contribution is 0.531. The van der Waals surface area contributed by atoms with Gasteiger partial charge in [0, 0.05) is 6.20 Å². The predicted molar refractivity (Wildman–Crippen MR) is 85.0 cm³/mol. The summed E-state index contributed by atoms with van der Waals surface area (Å²) in [5.74, 6) is -0.180. The van der Waals surface area contributed by atoms with Gasteiger partial charge in [0.2, 0.25) is 0 Å². The van der Waals surface area contributed by atoms with E-state index in [1.54, 1.807) is 6.07 Å². The molecule has 1 N–H and O–H groups in total. The molecule has 112 valence electrons. The molecule has 2 nitrogen and oxygen atoms in total. The zero-order valence-electron chi connectivity index (χ0n) is 13.2. The molecule has 0 amide bonds. The van der Waals surface area contributed by atoms with Gasteiger partial charge in [0.05, 0.1) is 11.7 Å². The van der Waals surface area contributed by atoms with Crippen LogP contribution in [-0.2, 0) is 6.42 Å². The molecule has 1 unspecified atom stereocenters. The van der Waals surface area contributed by atoms with Crippen LogP contribution in [0.1, 0.15) is 40.9 Å². The molecule has 1 aromatic heterocycles. The number of aryl methyl sites for hydroxylation is 3. The first kappa shape index (κ1) is 15.6. The molecule has 0 aliphatic rings. The van der Waals surface area contributed by atoms with Crippen LogP contribution in [0.5, 0.6) is 0 Å². The van der Waals surface area contributed by atoms with Crippen molar-refractivity contribution in [3.63, 3.8) is 0 Å². The zero-order valence-corrected chi connectivity index (χ0v) is 13.2. The summed E-state index contributed by atoms with van der Waals surface area (Å²) in [5.41, 5.74) is 5.59. The second-order valence-corrected chi connectivity index (χ2v) is 5.60. The van der Waals surface area contributed by atoms with Crippen molar-refractivity contribution in [2.45, 2.75) is 40.2 Å². The van der Waals surface area contributed by atoms with Crippen molar-refractivity contribution in [3.8, 4) is 0 Å². The summed E-state index contributed by atoms with van der Waals surface area (Å²) in [6, 6.07) is 7.30. The van der Waals surface area contributed by atoms with Crippen LogP contribution >= 0.6 is 0 Å². The van der Waals surface area contributed by atoms with Crippen LogP contribution in [0.2, 0.25) is 0 Å². The Labute approximate surface area is 126 Å². The monoisotopic (exact) mass is 286 g/mol. The Morgan fingerprint density at radius 3 is 2.52 bits per heavy atom. The van der Waals surface area contributed by atoms with Crippen LogP contribution in [-0.4, -0.2) is 11.5 Å². The highest BCUT2D eigenvalue weighted by Crippen LogP contribution is 2.22. The predicted octanol–water partition coefficient (Wildman–Crippen LogP) is 4.04. The number of pyridine rings is 1. The summed E-state index contributed by atoms with van der Waals surface area (Å²) in [7, 11) is 0. The lowest BCUT2D eigenvalue weighted by Crippen LogP contribution is -2.25. The molecule has 0 aliphatic carbocycles. The van der Waals surface area contributed by atoms with Crippen molar-refractivity contribution >= 4 is 0 Å². The van der Waals surface area contributed by atoms with Crippen LogP contribution in [0.3, 0.4) is 0 Å². The fraction of sp³-hybridized carbons (Fsp3) is 0.389. The third-order valence-corrected chi connectivity index (χ3v) is 3.76. The number of benzene rings is 1. The lowest BCUT2D eigenvalue weighted by atomic mass is 9.96. The third kappa shape index (κ3) is 3.88. The van der Waals surface area contributed by atoms with Crippen LogP contribution in [0.4, 0.5) is 4.39 Å². The van der Waals surface area contributed by atoms with E-state index < -0.39 is 0 Å². The summed E-state index contributed by atoms with van der Waals surface area (Å²) in [4.78, 5) is 4.60. The molecule has 0 aliphatic heterocycles. The molecule has 0 saturated carbocycles. The molecule has 0 bridgehead atoms. The Morgan fingerprint density at radius 2 is 1.90 bits per heavy atom. The molecular formula is C18H23FN2. The molecule has 0 saturated heterocycles. The Morgan fingerprint density at radius 1 is 1.14 bits per heavy atom. The standard InChI is InChI=1S/C18H23FN2/c1-5-20-17(18-14(4)8-12(2)11-21-18)10-15-6-7-16(19)9-13(15)3/h6-9,11,17,20H,5,10H2,1-4H3. The number of nitrogens with zero attached hydrogens (tertiary/aromatic N) is 1. The fourth-order valence-electron chi connectivity index (χ4n) is 2.71. The van der Waals surface area contributed by atoms with E-state index in [1.807, 2.05) is 19.2 Å². The van der Waals surface area contributed by atoms with Crippen LogP contribution in [0.25, 0.3) is 0 Å². The van der Waals surface area contributed by atoms with Crippen LogP contribution < -0.4 is 5.32 Å². The summed E-state index contributed by atoms with van der Waals surface area (Å²) in [6.45, 7) is 9.07. The van der Waals surface area contributed by atoms with Gasteiger partial charge < -0.3 is 5.32 Å². The summed E-state index contributed by atoms with van der Waals surface area (Å²) < 4.78 is 13.2. The first-order valence-electron chi connectivity index (χ1n) is 7.42. The maximum absolute atomic E-state index is 13.2. The maximum Gasteiger partial charge on any atom is 0.123 e. The fourth-order valence-corrected chi connectivity index (χ4v) is 2.71. The van der Waals surface area contributed by atoms with Gasteiger partial charge in [-0.25, -0.2) is 4.39 Å². The molecular weight excluding hydrogens is 263 g/mol. The Balaban J connectivity index is 2.30. The van der Waals surface area contributed by atoms with Gasteiger partial charge in [-0.1, -0.05) is 19.1 Å². The topological polar surface area (TPSA) is 24.9 Å². The van der Waals surface area contributed by atoms with Gasteiger partial charge in [-0.3, -0.25) is 4.98 Å². The summed E-state index contributed by atoms with van der Waals surface area (Å²) in [6.07, 6.45) is 2.72. The Hall–Kier alpha value is -1.74. The highest BCUT2D eigenvalue weighted by molar-refractivity contribution is 5.31.